The standard InChI is InChI=1S/C12H21NO/c1-4-6-10(2)13-11(3)9-12-7-5-8-14-12/h5,7-8,10-11,13H,4,6,9H2,1-3H3. The van der Waals surface area contributed by atoms with E-state index >= 15 is 0 Å². The van der Waals surface area contributed by atoms with Gasteiger partial charge in [-0.05, 0) is 32.4 Å². The molecule has 14 heavy (non-hydrogen) atoms. The van der Waals surface area contributed by atoms with Gasteiger partial charge in [-0.3, -0.25) is 0 Å². The highest BCUT2D eigenvalue weighted by molar-refractivity contribution is 5.00. The minimum atomic E-state index is 0.489. The molecule has 80 valence electrons. The Morgan fingerprint density at radius 1 is 1.36 bits per heavy atom. The van der Waals surface area contributed by atoms with E-state index in [1.165, 1.54) is 12.8 Å². The zero-order valence-corrected chi connectivity index (χ0v) is 9.42. The quantitative estimate of drug-likeness (QED) is 0.755. The third-order valence-corrected chi connectivity index (χ3v) is 2.38. The maximum Gasteiger partial charge on any atom is 0.105 e. The molecule has 1 aromatic rings. The van der Waals surface area contributed by atoms with Gasteiger partial charge in [0.2, 0.25) is 0 Å². The molecule has 0 spiro atoms. The molecule has 1 N–H and O–H groups in total. The maximum absolute atomic E-state index is 5.31. The van der Waals surface area contributed by atoms with Crippen LogP contribution in [0.2, 0.25) is 0 Å². The summed E-state index contributed by atoms with van der Waals surface area (Å²) in [6, 6.07) is 5.06. The first kappa shape index (κ1) is 11.3. The second-order valence-electron chi connectivity index (χ2n) is 4.04. The van der Waals surface area contributed by atoms with Crippen LogP contribution in [-0.2, 0) is 6.42 Å². The number of hydrogen-bond acceptors (Lipinski definition) is 2. The van der Waals surface area contributed by atoms with E-state index in [4.69, 9.17) is 4.42 Å². The van der Waals surface area contributed by atoms with Crippen LogP contribution in [-0.4, -0.2) is 12.1 Å². The molecular weight excluding hydrogens is 174 g/mol. The highest BCUT2D eigenvalue weighted by Crippen LogP contribution is 2.05. The van der Waals surface area contributed by atoms with Crippen LogP contribution in [0.3, 0.4) is 0 Å². The lowest BCUT2D eigenvalue weighted by atomic mass is 10.1. The van der Waals surface area contributed by atoms with E-state index in [1.807, 2.05) is 12.1 Å². The zero-order chi connectivity index (χ0) is 10.4. The number of nitrogens with one attached hydrogen (secondary N) is 1. The van der Waals surface area contributed by atoms with Crippen molar-refractivity contribution >= 4 is 0 Å². The van der Waals surface area contributed by atoms with Crippen LogP contribution in [0.25, 0.3) is 0 Å². The average Bonchev–Trinajstić information content (AvgIpc) is 2.56. The Balaban J connectivity index is 2.25. The predicted octanol–water partition coefficient (Wildman–Crippen LogP) is 2.99. The van der Waals surface area contributed by atoms with Gasteiger partial charge in [0, 0.05) is 18.5 Å². The average molecular weight is 195 g/mol. The largest absolute Gasteiger partial charge is 0.469 e. The normalized spacial score (nSPS) is 15.4. The Bertz CT molecular complexity index is 230. The third-order valence-electron chi connectivity index (χ3n) is 2.38. The van der Waals surface area contributed by atoms with Crippen molar-refractivity contribution < 1.29 is 4.42 Å². The molecule has 0 bridgehead atoms. The van der Waals surface area contributed by atoms with E-state index in [-0.39, 0.29) is 0 Å². The van der Waals surface area contributed by atoms with Crippen molar-refractivity contribution in [3.8, 4) is 0 Å². The first-order valence-electron chi connectivity index (χ1n) is 5.50. The van der Waals surface area contributed by atoms with E-state index < -0.39 is 0 Å². The van der Waals surface area contributed by atoms with E-state index in [0.717, 1.165) is 12.2 Å². The predicted molar refractivity (Wildman–Crippen MR) is 59.4 cm³/mol. The zero-order valence-electron chi connectivity index (χ0n) is 9.42. The van der Waals surface area contributed by atoms with E-state index in [2.05, 4.69) is 26.1 Å². The minimum absolute atomic E-state index is 0.489. The Morgan fingerprint density at radius 2 is 2.14 bits per heavy atom. The smallest absolute Gasteiger partial charge is 0.105 e. The van der Waals surface area contributed by atoms with Crippen molar-refractivity contribution in [2.45, 2.75) is 52.1 Å². The molecule has 0 saturated carbocycles. The molecule has 0 amide bonds. The molecule has 2 nitrogen and oxygen atoms in total. The fraction of sp³-hybridized carbons (Fsp3) is 0.667. The Hall–Kier alpha value is -0.760. The fourth-order valence-corrected chi connectivity index (χ4v) is 1.79. The molecule has 0 radical (unpaired) electrons. The fourth-order valence-electron chi connectivity index (χ4n) is 1.79. The molecule has 2 unspecified atom stereocenters. The second kappa shape index (κ2) is 5.86. The maximum atomic E-state index is 5.31. The third kappa shape index (κ3) is 3.97. The summed E-state index contributed by atoms with van der Waals surface area (Å²) in [5, 5.41) is 3.56. The summed E-state index contributed by atoms with van der Waals surface area (Å²) in [5.41, 5.74) is 0. The molecule has 0 aliphatic heterocycles. The summed E-state index contributed by atoms with van der Waals surface area (Å²) in [7, 11) is 0. The minimum Gasteiger partial charge on any atom is -0.469 e. The van der Waals surface area contributed by atoms with Crippen molar-refractivity contribution in [1.82, 2.24) is 5.32 Å². The summed E-state index contributed by atoms with van der Waals surface area (Å²) in [6.45, 7) is 6.66. The van der Waals surface area contributed by atoms with Gasteiger partial charge in [0.05, 0.1) is 6.26 Å². The summed E-state index contributed by atoms with van der Waals surface area (Å²) in [5.74, 6) is 1.06. The van der Waals surface area contributed by atoms with Gasteiger partial charge in [0.15, 0.2) is 0 Å². The lowest BCUT2D eigenvalue weighted by Gasteiger charge is -2.18. The monoisotopic (exact) mass is 195 g/mol. The van der Waals surface area contributed by atoms with Crippen molar-refractivity contribution in [2.24, 2.45) is 0 Å². The first-order chi connectivity index (χ1) is 6.72. The van der Waals surface area contributed by atoms with E-state index in [1.54, 1.807) is 6.26 Å². The van der Waals surface area contributed by atoms with Crippen LogP contribution in [0, 0.1) is 0 Å². The highest BCUT2D eigenvalue weighted by atomic mass is 16.3. The number of hydrogen-bond donors (Lipinski definition) is 1. The van der Waals surface area contributed by atoms with Gasteiger partial charge in [-0.1, -0.05) is 13.3 Å². The van der Waals surface area contributed by atoms with Gasteiger partial charge < -0.3 is 9.73 Å². The van der Waals surface area contributed by atoms with Gasteiger partial charge >= 0.3 is 0 Å². The molecule has 0 aliphatic carbocycles. The first-order valence-corrected chi connectivity index (χ1v) is 5.50. The van der Waals surface area contributed by atoms with Crippen LogP contribution >= 0.6 is 0 Å². The molecular formula is C12H21NO. The van der Waals surface area contributed by atoms with Gasteiger partial charge in [-0.15, -0.1) is 0 Å². The number of furan rings is 1. The SMILES string of the molecule is CCCC(C)NC(C)Cc1ccco1. The van der Waals surface area contributed by atoms with Crippen molar-refractivity contribution in [1.29, 1.82) is 0 Å². The Labute approximate surface area is 86.7 Å². The van der Waals surface area contributed by atoms with Crippen LogP contribution in [0.15, 0.2) is 22.8 Å². The summed E-state index contributed by atoms with van der Waals surface area (Å²) < 4.78 is 5.31. The Kier molecular flexibility index (Phi) is 4.74. The van der Waals surface area contributed by atoms with E-state index in [9.17, 15) is 0 Å². The molecule has 1 heterocycles. The van der Waals surface area contributed by atoms with Gasteiger partial charge in [-0.2, -0.15) is 0 Å². The molecule has 0 fully saturated rings. The summed E-state index contributed by atoms with van der Waals surface area (Å²) in [4.78, 5) is 0. The lowest BCUT2D eigenvalue weighted by Crippen LogP contribution is -2.35. The van der Waals surface area contributed by atoms with Crippen molar-refractivity contribution in [3.63, 3.8) is 0 Å². The molecule has 0 aliphatic rings. The van der Waals surface area contributed by atoms with Crippen LogP contribution < -0.4 is 5.32 Å². The van der Waals surface area contributed by atoms with Crippen LogP contribution in [0.1, 0.15) is 39.4 Å². The van der Waals surface area contributed by atoms with Gasteiger partial charge in [0.25, 0.3) is 0 Å². The van der Waals surface area contributed by atoms with Crippen molar-refractivity contribution in [3.05, 3.63) is 24.2 Å². The van der Waals surface area contributed by atoms with Gasteiger partial charge in [0.1, 0.15) is 5.76 Å². The van der Waals surface area contributed by atoms with Crippen LogP contribution in [0.5, 0.6) is 0 Å². The second-order valence-corrected chi connectivity index (χ2v) is 4.04. The van der Waals surface area contributed by atoms with E-state index in [0.29, 0.717) is 12.1 Å². The Morgan fingerprint density at radius 3 is 2.71 bits per heavy atom. The highest BCUT2D eigenvalue weighted by Gasteiger charge is 2.08. The summed E-state index contributed by atoms with van der Waals surface area (Å²) in [6.07, 6.45) is 5.18. The molecule has 1 aromatic heterocycles. The molecule has 0 aromatic carbocycles. The molecule has 1 rings (SSSR count). The van der Waals surface area contributed by atoms with Crippen LogP contribution in [0.4, 0.5) is 0 Å². The summed E-state index contributed by atoms with van der Waals surface area (Å²) >= 11 is 0. The number of rotatable bonds is 6. The molecule has 0 saturated heterocycles. The topological polar surface area (TPSA) is 25.2 Å². The van der Waals surface area contributed by atoms with Gasteiger partial charge in [-0.25, -0.2) is 0 Å². The molecule has 2 heteroatoms. The van der Waals surface area contributed by atoms with Crippen molar-refractivity contribution in [2.75, 3.05) is 0 Å². The molecule has 2 atom stereocenters. The lowest BCUT2D eigenvalue weighted by molar-refractivity contribution is 0.410.